The summed E-state index contributed by atoms with van der Waals surface area (Å²) in [6.07, 6.45) is 8.41. The third kappa shape index (κ3) is 0.802. The van der Waals surface area contributed by atoms with Gasteiger partial charge in [-0.25, -0.2) is 0 Å². The molecule has 48 valence electrons. The van der Waals surface area contributed by atoms with Crippen molar-refractivity contribution in [2.45, 2.75) is 6.04 Å². The van der Waals surface area contributed by atoms with Crippen LogP contribution in [0.3, 0.4) is 0 Å². The fourth-order valence-electron chi connectivity index (χ4n) is 1.18. The standard InChI is InChI=1S/C7H9NO/c1-2-4-7-6(3-1)5-9-8-7/h1-4,6-8H,5H2. The van der Waals surface area contributed by atoms with Crippen molar-refractivity contribution >= 4 is 0 Å². The summed E-state index contributed by atoms with van der Waals surface area (Å²) in [7, 11) is 0. The van der Waals surface area contributed by atoms with Crippen LogP contribution >= 0.6 is 0 Å². The number of allylic oxidation sites excluding steroid dienone is 2. The van der Waals surface area contributed by atoms with Crippen molar-refractivity contribution in [2.24, 2.45) is 5.92 Å². The molecule has 0 amide bonds. The van der Waals surface area contributed by atoms with Gasteiger partial charge in [0.1, 0.15) is 0 Å². The van der Waals surface area contributed by atoms with Gasteiger partial charge in [0, 0.05) is 5.92 Å². The lowest BCUT2D eigenvalue weighted by Crippen LogP contribution is -2.23. The van der Waals surface area contributed by atoms with Crippen LogP contribution in [0.1, 0.15) is 0 Å². The summed E-state index contributed by atoms with van der Waals surface area (Å²) in [5.74, 6) is 0.565. The predicted octanol–water partition coefficient (Wildman–Crippen LogP) is 0.632. The SMILES string of the molecule is C1=CC2CONC2C=C1. The van der Waals surface area contributed by atoms with E-state index in [0.29, 0.717) is 12.0 Å². The highest BCUT2D eigenvalue weighted by molar-refractivity contribution is 5.17. The second kappa shape index (κ2) is 1.97. The molecule has 1 aliphatic heterocycles. The van der Waals surface area contributed by atoms with Crippen LogP contribution in [0.25, 0.3) is 0 Å². The molecule has 2 heteroatoms. The van der Waals surface area contributed by atoms with Gasteiger partial charge in [-0.05, 0) is 0 Å². The number of rotatable bonds is 0. The van der Waals surface area contributed by atoms with E-state index in [0.717, 1.165) is 6.61 Å². The topological polar surface area (TPSA) is 21.3 Å². The molecule has 0 aromatic carbocycles. The van der Waals surface area contributed by atoms with Crippen molar-refractivity contribution < 1.29 is 4.84 Å². The highest BCUT2D eigenvalue weighted by atomic mass is 16.7. The van der Waals surface area contributed by atoms with Crippen LogP contribution in [-0.2, 0) is 4.84 Å². The monoisotopic (exact) mass is 123 g/mol. The van der Waals surface area contributed by atoms with E-state index in [1.807, 2.05) is 6.08 Å². The number of fused-ring (bicyclic) bond motifs is 1. The first-order chi connectivity index (χ1) is 4.47. The molecular formula is C7H9NO. The summed E-state index contributed by atoms with van der Waals surface area (Å²) in [5.41, 5.74) is 2.92. The molecule has 2 atom stereocenters. The van der Waals surface area contributed by atoms with E-state index in [4.69, 9.17) is 4.84 Å². The molecule has 1 heterocycles. The summed E-state index contributed by atoms with van der Waals surface area (Å²) in [6.45, 7) is 0.811. The van der Waals surface area contributed by atoms with Crippen molar-refractivity contribution in [1.29, 1.82) is 0 Å². The van der Waals surface area contributed by atoms with Crippen LogP contribution in [0.15, 0.2) is 24.3 Å². The lowest BCUT2D eigenvalue weighted by molar-refractivity contribution is 0.0925. The third-order valence-electron chi connectivity index (χ3n) is 1.74. The van der Waals surface area contributed by atoms with Crippen LogP contribution in [-0.4, -0.2) is 12.6 Å². The Kier molecular flexibility index (Phi) is 1.14. The molecule has 1 N–H and O–H groups in total. The fraction of sp³-hybridized carbons (Fsp3) is 0.429. The molecule has 1 aliphatic carbocycles. The van der Waals surface area contributed by atoms with Gasteiger partial charge in [-0.2, -0.15) is 5.48 Å². The fourth-order valence-corrected chi connectivity index (χ4v) is 1.18. The van der Waals surface area contributed by atoms with Gasteiger partial charge in [0.2, 0.25) is 0 Å². The average molecular weight is 123 g/mol. The minimum atomic E-state index is 0.426. The molecule has 1 saturated heterocycles. The number of hydrogen-bond acceptors (Lipinski definition) is 2. The maximum Gasteiger partial charge on any atom is 0.0764 e. The Morgan fingerprint density at radius 1 is 1.33 bits per heavy atom. The molecule has 2 aliphatic rings. The maximum atomic E-state index is 5.04. The van der Waals surface area contributed by atoms with Crippen LogP contribution in [0.4, 0.5) is 0 Å². The minimum absolute atomic E-state index is 0.426. The molecular weight excluding hydrogens is 114 g/mol. The van der Waals surface area contributed by atoms with Crippen molar-refractivity contribution in [1.82, 2.24) is 5.48 Å². The lowest BCUT2D eigenvalue weighted by atomic mass is 9.98. The van der Waals surface area contributed by atoms with Gasteiger partial charge in [-0.1, -0.05) is 24.3 Å². The number of nitrogens with one attached hydrogen (secondary N) is 1. The molecule has 9 heavy (non-hydrogen) atoms. The van der Waals surface area contributed by atoms with Gasteiger partial charge >= 0.3 is 0 Å². The van der Waals surface area contributed by atoms with E-state index >= 15 is 0 Å². The maximum absolute atomic E-state index is 5.04. The van der Waals surface area contributed by atoms with Gasteiger partial charge in [0.25, 0.3) is 0 Å². The van der Waals surface area contributed by atoms with E-state index in [1.54, 1.807) is 0 Å². The summed E-state index contributed by atoms with van der Waals surface area (Å²) < 4.78 is 0. The third-order valence-corrected chi connectivity index (χ3v) is 1.74. The second-order valence-corrected chi connectivity index (χ2v) is 2.39. The van der Waals surface area contributed by atoms with Crippen molar-refractivity contribution in [2.75, 3.05) is 6.61 Å². The largest absolute Gasteiger partial charge is 0.301 e. The summed E-state index contributed by atoms with van der Waals surface area (Å²) in [5, 5.41) is 0. The van der Waals surface area contributed by atoms with Crippen LogP contribution in [0, 0.1) is 5.92 Å². The Hall–Kier alpha value is -0.600. The van der Waals surface area contributed by atoms with E-state index in [-0.39, 0.29) is 0 Å². The first kappa shape index (κ1) is 5.21. The zero-order valence-electron chi connectivity index (χ0n) is 5.08. The van der Waals surface area contributed by atoms with Crippen LogP contribution in [0.5, 0.6) is 0 Å². The molecule has 0 aromatic rings. The van der Waals surface area contributed by atoms with E-state index < -0.39 is 0 Å². The van der Waals surface area contributed by atoms with Gasteiger partial charge in [-0.3, -0.25) is 0 Å². The number of hydrogen-bond donors (Lipinski definition) is 1. The van der Waals surface area contributed by atoms with Crippen molar-refractivity contribution in [3.63, 3.8) is 0 Å². The molecule has 0 aromatic heterocycles. The molecule has 2 unspecified atom stereocenters. The Morgan fingerprint density at radius 2 is 2.22 bits per heavy atom. The van der Waals surface area contributed by atoms with Gasteiger partial charge in [0.05, 0.1) is 12.6 Å². The highest BCUT2D eigenvalue weighted by Gasteiger charge is 2.24. The second-order valence-electron chi connectivity index (χ2n) is 2.39. The molecule has 0 bridgehead atoms. The van der Waals surface area contributed by atoms with Crippen LogP contribution < -0.4 is 5.48 Å². The Labute approximate surface area is 54.2 Å². The molecule has 2 nitrogen and oxygen atoms in total. The first-order valence-electron chi connectivity index (χ1n) is 3.19. The summed E-state index contributed by atoms with van der Waals surface area (Å²) >= 11 is 0. The minimum Gasteiger partial charge on any atom is -0.301 e. The normalized spacial score (nSPS) is 39.1. The zero-order valence-corrected chi connectivity index (χ0v) is 5.08. The molecule has 2 rings (SSSR count). The zero-order chi connectivity index (χ0) is 6.10. The highest BCUT2D eigenvalue weighted by Crippen LogP contribution is 2.17. The van der Waals surface area contributed by atoms with E-state index in [1.165, 1.54) is 0 Å². The number of hydroxylamine groups is 1. The van der Waals surface area contributed by atoms with E-state index in [9.17, 15) is 0 Å². The molecule has 1 fully saturated rings. The smallest absolute Gasteiger partial charge is 0.0764 e. The Morgan fingerprint density at radius 3 is 3.11 bits per heavy atom. The van der Waals surface area contributed by atoms with E-state index in [2.05, 4.69) is 23.7 Å². The quantitative estimate of drug-likeness (QED) is 0.510. The van der Waals surface area contributed by atoms with Crippen molar-refractivity contribution in [3.05, 3.63) is 24.3 Å². The molecule has 0 spiro atoms. The summed E-state index contributed by atoms with van der Waals surface area (Å²) in [4.78, 5) is 5.04. The van der Waals surface area contributed by atoms with Gasteiger partial charge in [0.15, 0.2) is 0 Å². The average Bonchev–Trinajstić information content (AvgIpc) is 2.33. The van der Waals surface area contributed by atoms with Gasteiger partial charge in [-0.15, -0.1) is 0 Å². The van der Waals surface area contributed by atoms with Crippen LogP contribution in [0.2, 0.25) is 0 Å². The predicted molar refractivity (Wildman–Crippen MR) is 34.6 cm³/mol. The molecule has 0 saturated carbocycles. The summed E-state index contributed by atoms with van der Waals surface area (Å²) in [6, 6.07) is 0.426. The van der Waals surface area contributed by atoms with Crippen molar-refractivity contribution in [3.8, 4) is 0 Å². The lowest BCUT2D eigenvalue weighted by Gasteiger charge is -2.10. The Balaban J connectivity index is 2.18. The molecule has 0 radical (unpaired) electrons. The Bertz CT molecular complexity index is 144. The first-order valence-corrected chi connectivity index (χ1v) is 3.19. The van der Waals surface area contributed by atoms with Gasteiger partial charge < -0.3 is 4.84 Å².